The van der Waals surface area contributed by atoms with E-state index in [0.717, 1.165) is 45.6 Å². The van der Waals surface area contributed by atoms with Gasteiger partial charge in [0.05, 0.1) is 32.8 Å². The molecular weight excluding hydrogens is 486 g/mol. The van der Waals surface area contributed by atoms with Crippen molar-refractivity contribution in [2.75, 3.05) is 31.1 Å². The summed E-state index contributed by atoms with van der Waals surface area (Å²) in [5, 5.41) is 18.6. The number of carbonyl (C=O) groups is 1. The van der Waals surface area contributed by atoms with Gasteiger partial charge in [-0.3, -0.25) is 0 Å². The van der Waals surface area contributed by atoms with Crippen LogP contribution in [-0.4, -0.2) is 49.9 Å². The van der Waals surface area contributed by atoms with Gasteiger partial charge < -0.3 is 9.64 Å². The zero-order valence-electron chi connectivity index (χ0n) is 18.9. The summed E-state index contributed by atoms with van der Waals surface area (Å²) in [6, 6.07) is 14.6. The zero-order valence-corrected chi connectivity index (χ0v) is 20.5. The second-order valence-electron chi connectivity index (χ2n) is 7.95. The monoisotopic (exact) mass is 509 g/mol. The number of benzene rings is 2. The molecule has 180 valence electrons. The fourth-order valence-corrected chi connectivity index (χ4v) is 6.27. The van der Waals surface area contributed by atoms with Crippen molar-refractivity contribution in [2.24, 2.45) is 0 Å². The molecule has 1 saturated heterocycles. The van der Waals surface area contributed by atoms with Crippen molar-refractivity contribution in [1.82, 2.24) is 9.29 Å². The lowest BCUT2D eigenvalue weighted by atomic mass is 10.2. The highest BCUT2D eigenvalue weighted by atomic mass is 32.2. The highest BCUT2D eigenvalue weighted by molar-refractivity contribution is 7.89. The first-order chi connectivity index (χ1) is 16.9. The smallest absolute Gasteiger partial charge is 0.343 e. The second kappa shape index (κ2) is 10.8. The van der Waals surface area contributed by atoms with Crippen LogP contribution < -0.4 is 9.64 Å². The number of thiazole rings is 1. The summed E-state index contributed by atoms with van der Waals surface area (Å²) in [7, 11) is -3.91. The van der Waals surface area contributed by atoms with Gasteiger partial charge in [-0.05, 0) is 49.2 Å². The number of esters is 1. The Balaban J connectivity index is 1.47. The van der Waals surface area contributed by atoms with Crippen LogP contribution in [0.2, 0.25) is 0 Å². The van der Waals surface area contributed by atoms with Crippen LogP contribution in [0.3, 0.4) is 0 Å². The van der Waals surface area contributed by atoms with Crippen LogP contribution >= 0.6 is 11.3 Å². The van der Waals surface area contributed by atoms with Gasteiger partial charge in [0.25, 0.3) is 0 Å². The predicted octanol–water partition coefficient (Wildman–Crippen LogP) is 3.93. The van der Waals surface area contributed by atoms with Gasteiger partial charge in [0.1, 0.15) is 5.75 Å². The SMILES string of the molecule is N#CCCN(CCC#N)S(=O)(=O)c1ccc(C(=O)Oc2ccc3nc(N4CCCC4)sc3c2)cc1. The molecule has 1 aromatic heterocycles. The van der Waals surface area contributed by atoms with Gasteiger partial charge in [-0.15, -0.1) is 0 Å². The van der Waals surface area contributed by atoms with Crippen molar-refractivity contribution in [3.05, 3.63) is 48.0 Å². The number of sulfonamides is 1. The molecule has 1 aliphatic rings. The van der Waals surface area contributed by atoms with Gasteiger partial charge in [-0.25, -0.2) is 18.2 Å². The molecule has 35 heavy (non-hydrogen) atoms. The second-order valence-corrected chi connectivity index (χ2v) is 10.9. The fraction of sp³-hybridized carbons (Fsp3) is 0.333. The van der Waals surface area contributed by atoms with E-state index in [4.69, 9.17) is 15.3 Å². The Labute approximate surface area is 207 Å². The van der Waals surface area contributed by atoms with Crippen molar-refractivity contribution < 1.29 is 17.9 Å². The molecule has 0 N–H and O–H groups in total. The normalized spacial score (nSPS) is 13.6. The molecule has 1 aliphatic heterocycles. The maximum atomic E-state index is 12.9. The van der Waals surface area contributed by atoms with E-state index in [-0.39, 0.29) is 36.4 Å². The molecule has 0 unspecified atom stereocenters. The fourth-order valence-electron chi connectivity index (χ4n) is 3.78. The molecule has 2 heterocycles. The number of nitrogens with zero attached hydrogens (tertiary/aromatic N) is 5. The molecule has 0 aliphatic carbocycles. The van der Waals surface area contributed by atoms with Crippen molar-refractivity contribution in [3.63, 3.8) is 0 Å². The van der Waals surface area contributed by atoms with Gasteiger partial charge in [0.2, 0.25) is 10.0 Å². The molecule has 11 heteroatoms. The molecule has 0 bridgehead atoms. The number of aromatic nitrogens is 1. The van der Waals surface area contributed by atoms with Crippen LogP contribution in [0.4, 0.5) is 5.13 Å². The van der Waals surface area contributed by atoms with Crippen molar-refractivity contribution in [1.29, 1.82) is 10.5 Å². The minimum Gasteiger partial charge on any atom is -0.423 e. The molecule has 9 nitrogen and oxygen atoms in total. The Bertz CT molecular complexity index is 1380. The Hall–Kier alpha value is -3.51. The van der Waals surface area contributed by atoms with Gasteiger partial charge in [-0.1, -0.05) is 11.3 Å². The molecule has 1 fully saturated rings. The van der Waals surface area contributed by atoms with Crippen LogP contribution in [0.1, 0.15) is 36.0 Å². The molecule has 3 aromatic rings. The number of carbonyl (C=O) groups excluding carboxylic acids is 1. The van der Waals surface area contributed by atoms with Crippen LogP contribution in [-0.2, 0) is 10.0 Å². The summed E-state index contributed by atoms with van der Waals surface area (Å²) in [4.78, 5) is 19.6. The number of rotatable bonds is 9. The molecule has 4 rings (SSSR count). The van der Waals surface area contributed by atoms with Crippen molar-refractivity contribution in [2.45, 2.75) is 30.6 Å². The van der Waals surface area contributed by atoms with E-state index in [9.17, 15) is 13.2 Å². The summed E-state index contributed by atoms with van der Waals surface area (Å²) < 4.78 is 33.4. The third-order valence-corrected chi connectivity index (χ3v) is 8.60. The lowest BCUT2D eigenvalue weighted by molar-refractivity contribution is 0.0735. The first-order valence-corrected chi connectivity index (χ1v) is 13.4. The number of nitriles is 2. The molecule has 0 spiro atoms. The van der Waals surface area contributed by atoms with E-state index < -0.39 is 16.0 Å². The van der Waals surface area contributed by atoms with E-state index >= 15 is 0 Å². The highest BCUT2D eigenvalue weighted by Crippen LogP contribution is 2.33. The van der Waals surface area contributed by atoms with E-state index in [0.29, 0.717) is 5.75 Å². The van der Waals surface area contributed by atoms with Crippen LogP contribution in [0.25, 0.3) is 10.2 Å². The minimum atomic E-state index is -3.91. The number of anilines is 1. The maximum absolute atomic E-state index is 12.9. The predicted molar refractivity (Wildman–Crippen MR) is 132 cm³/mol. The van der Waals surface area contributed by atoms with Crippen LogP contribution in [0, 0.1) is 22.7 Å². The average molecular weight is 510 g/mol. The van der Waals surface area contributed by atoms with Gasteiger partial charge in [-0.2, -0.15) is 14.8 Å². The summed E-state index contributed by atoms with van der Waals surface area (Å²) in [6.07, 6.45) is 2.35. The van der Waals surface area contributed by atoms with Gasteiger partial charge in [0.15, 0.2) is 5.13 Å². The summed E-state index contributed by atoms with van der Waals surface area (Å²) in [5.74, 6) is -0.224. The Kier molecular flexibility index (Phi) is 7.61. The Morgan fingerprint density at radius 2 is 1.71 bits per heavy atom. The molecule has 0 radical (unpaired) electrons. The van der Waals surface area contributed by atoms with Crippen LogP contribution in [0.15, 0.2) is 47.4 Å². The molecule has 2 aromatic carbocycles. The van der Waals surface area contributed by atoms with Crippen molar-refractivity contribution >= 4 is 42.7 Å². The van der Waals surface area contributed by atoms with E-state index in [1.165, 1.54) is 24.3 Å². The highest BCUT2D eigenvalue weighted by Gasteiger charge is 2.24. The van der Waals surface area contributed by atoms with E-state index in [1.807, 2.05) is 18.2 Å². The standard InChI is InChI=1S/C24H23N5O4S2/c25-11-3-15-29(16-4-12-26)35(31,32)20-8-5-18(6-9-20)23(30)33-19-7-10-21-22(17-19)34-24(27-21)28-13-1-2-14-28/h5-10,17H,1-4,13-16H2. The molecule has 0 atom stereocenters. The van der Waals surface area contributed by atoms with Gasteiger partial charge in [0, 0.05) is 45.1 Å². The maximum Gasteiger partial charge on any atom is 0.343 e. The van der Waals surface area contributed by atoms with Crippen LogP contribution in [0.5, 0.6) is 5.75 Å². The molecular formula is C24H23N5O4S2. The first kappa shape index (κ1) is 24.6. The molecule has 0 saturated carbocycles. The zero-order chi connectivity index (χ0) is 24.8. The number of fused-ring (bicyclic) bond motifs is 1. The van der Waals surface area contributed by atoms with E-state index in [1.54, 1.807) is 23.5 Å². The topological polar surface area (TPSA) is 127 Å². The van der Waals surface area contributed by atoms with Gasteiger partial charge >= 0.3 is 5.97 Å². The minimum absolute atomic E-state index is 0.0101. The summed E-state index contributed by atoms with van der Waals surface area (Å²) >= 11 is 1.56. The summed E-state index contributed by atoms with van der Waals surface area (Å²) in [6.45, 7) is 1.98. The molecule has 0 amide bonds. The Morgan fingerprint density at radius 3 is 2.34 bits per heavy atom. The number of hydrogen-bond acceptors (Lipinski definition) is 9. The van der Waals surface area contributed by atoms with Crippen molar-refractivity contribution in [3.8, 4) is 17.9 Å². The third kappa shape index (κ3) is 5.60. The summed E-state index contributed by atoms with van der Waals surface area (Å²) in [5.41, 5.74) is 1.05. The van der Waals surface area contributed by atoms with E-state index in [2.05, 4.69) is 9.88 Å². The largest absolute Gasteiger partial charge is 0.423 e. The Morgan fingerprint density at radius 1 is 1.06 bits per heavy atom. The first-order valence-electron chi connectivity index (χ1n) is 11.1. The third-order valence-electron chi connectivity index (χ3n) is 5.61. The number of ether oxygens (including phenoxy) is 1. The lowest BCUT2D eigenvalue weighted by Gasteiger charge is -2.20. The number of hydrogen-bond donors (Lipinski definition) is 0. The average Bonchev–Trinajstić information content (AvgIpc) is 3.54. The lowest BCUT2D eigenvalue weighted by Crippen LogP contribution is -2.32. The quantitative estimate of drug-likeness (QED) is 0.313.